The van der Waals surface area contributed by atoms with Crippen LogP contribution in [0, 0.1) is 23.7 Å². The molecule has 1 aromatic heterocycles. The van der Waals surface area contributed by atoms with E-state index in [2.05, 4.69) is 33.9 Å². The van der Waals surface area contributed by atoms with Gasteiger partial charge in [0.05, 0.1) is 18.4 Å². The Morgan fingerprint density at radius 1 is 1.00 bits per heavy atom. The molecule has 2 bridgehead atoms. The van der Waals surface area contributed by atoms with Gasteiger partial charge in [-0.05, 0) is 36.8 Å². The van der Waals surface area contributed by atoms with Crippen LogP contribution in [0.4, 0.5) is 5.82 Å². The van der Waals surface area contributed by atoms with E-state index in [9.17, 15) is 14.4 Å². The summed E-state index contributed by atoms with van der Waals surface area (Å²) in [7, 11) is 0. The Kier molecular flexibility index (Phi) is 7.70. The number of piperazine rings is 1. The van der Waals surface area contributed by atoms with E-state index in [1.54, 1.807) is 6.20 Å². The molecule has 2 amide bonds. The van der Waals surface area contributed by atoms with E-state index in [1.165, 1.54) is 4.90 Å². The van der Waals surface area contributed by atoms with Gasteiger partial charge < -0.3 is 9.64 Å². The lowest BCUT2D eigenvalue weighted by Gasteiger charge is -2.37. The quantitative estimate of drug-likeness (QED) is 0.202. The highest BCUT2D eigenvalue weighted by molar-refractivity contribution is 6.06. The van der Waals surface area contributed by atoms with E-state index in [-0.39, 0.29) is 48.0 Å². The van der Waals surface area contributed by atoms with Crippen molar-refractivity contribution in [2.45, 2.75) is 51.6 Å². The number of unbranched alkanes of at least 4 members (excludes halogenated alkanes) is 3. The van der Waals surface area contributed by atoms with Gasteiger partial charge in [0.2, 0.25) is 11.8 Å². The van der Waals surface area contributed by atoms with E-state index in [4.69, 9.17) is 4.74 Å². The van der Waals surface area contributed by atoms with Crippen molar-refractivity contribution in [1.29, 1.82) is 0 Å². The van der Waals surface area contributed by atoms with Crippen LogP contribution in [0.3, 0.4) is 0 Å². The van der Waals surface area contributed by atoms with Gasteiger partial charge in [-0.3, -0.25) is 24.2 Å². The fourth-order valence-corrected chi connectivity index (χ4v) is 6.41. The molecule has 8 nitrogen and oxygen atoms in total. The Hall–Kier alpha value is -2.74. The molecule has 0 N–H and O–H groups in total. The van der Waals surface area contributed by atoms with Crippen LogP contribution in [0.5, 0.6) is 0 Å². The summed E-state index contributed by atoms with van der Waals surface area (Å²) in [4.78, 5) is 49.6. The highest BCUT2D eigenvalue weighted by Gasteiger charge is 2.59. The smallest absolute Gasteiger partial charge is 0.306 e. The Labute approximate surface area is 213 Å². The molecule has 2 aliphatic carbocycles. The molecule has 8 heteroatoms. The summed E-state index contributed by atoms with van der Waals surface area (Å²) in [5.41, 5.74) is 0. The third kappa shape index (κ3) is 5.19. The lowest BCUT2D eigenvalue weighted by molar-refractivity contribution is -0.155. The van der Waals surface area contributed by atoms with Gasteiger partial charge >= 0.3 is 5.97 Å². The van der Waals surface area contributed by atoms with E-state index >= 15 is 0 Å². The summed E-state index contributed by atoms with van der Waals surface area (Å²) in [6.45, 7) is 6.10. The number of anilines is 1. The van der Waals surface area contributed by atoms with Crippen molar-refractivity contribution in [2.24, 2.45) is 23.7 Å². The second-order valence-corrected chi connectivity index (χ2v) is 10.7. The fraction of sp³-hybridized carbons (Fsp3) is 0.643. The fourth-order valence-electron chi connectivity index (χ4n) is 6.41. The average Bonchev–Trinajstić information content (AvgIpc) is 3.58. The van der Waals surface area contributed by atoms with Gasteiger partial charge in [0.15, 0.2) is 0 Å². The van der Waals surface area contributed by atoms with Gasteiger partial charge in [0, 0.05) is 45.3 Å². The van der Waals surface area contributed by atoms with Crippen LogP contribution in [0.25, 0.3) is 0 Å². The van der Waals surface area contributed by atoms with E-state index in [0.29, 0.717) is 13.0 Å². The number of carbonyl (C=O) groups excluding carboxylic acids is 3. The zero-order valence-corrected chi connectivity index (χ0v) is 21.3. The largest absolute Gasteiger partial charge is 0.459 e. The normalized spacial score (nSPS) is 28.1. The molecule has 2 saturated heterocycles. The topological polar surface area (TPSA) is 83.1 Å². The van der Waals surface area contributed by atoms with Crippen molar-refractivity contribution in [2.75, 3.05) is 44.2 Å². The summed E-state index contributed by atoms with van der Waals surface area (Å²) >= 11 is 0. The number of pyridine rings is 1. The number of likely N-dealkylation sites (tertiary alicyclic amines) is 1. The molecule has 0 radical (unpaired) electrons. The molecule has 0 spiro atoms. The number of allylic oxidation sites excluding steroid dienone is 2. The minimum absolute atomic E-state index is 0.0779. The molecule has 5 rings (SSSR count). The van der Waals surface area contributed by atoms with Gasteiger partial charge in [0.1, 0.15) is 11.9 Å². The molecule has 0 aromatic carbocycles. The van der Waals surface area contributed by atoms with Crippen molar-refractivity contribution in [3.63, 3.8) is 0 Å². The molecule has 1 saturated carbocycles. The maximum Gasteiger partial charge on any atom is 0.306 e. The molecule has 5 atom stereocenters. The maximum atomic E-state index is 13.2. The molecule has 36 heavy (non-hydrogen) atoms. The summed E-state index contributed by atoms with van der Waals surface area (Å²) in [6, 6.07) is 5.92. The number of carbonyl (C=O) groups is 3. The van der Waals surface area contributed by atoms with Gasteiger partial charge in [-0.1, -0.05) is 44.4 Å². The number of esters is 1. The van der Waals surface area contributed by atoms with Gasteiger partial charge in [-0.15, -0.1) is 0 Å². The van der Waals surface area contributed by atoms with E-state index in [0.717, 1.165) is 64.1 Å². The lowest BCUT2D eigenvalue weighted by atomic mass is 9.85. The second kappa shape index (κ2) is 11.1. The van der Waals surface area contributed by atoms with E-state index < -0.39 is 6.10 Å². The van der Waals surface area contributed by atoms with Crippen LogP contribution >= 0.6 is 0 Å². The van der Waals surface area contributed by atoms with Crippen LogP contribution < -0.4 is 4.90 Å². The number of hydrogen-bond donors (Lipinski definition) is 0. The van der Waals surface area contributed by atoms with Crippen LogP contribution in [-0.2, 0) is 19.1 Å². The first kappa shape index (κ1) is 24.9. The molecule has 5 unspecified atom stereocenters. The average molecular weight is 495 g/mol. The zero-order chi connectivity index (χ0) is 25.1. The van der Waals surface area contributed by atoms with Crippen molar-refractivity contribution >= 4 is 23.6 Å². The number of rotatable bonds is 11. The monoisotopic (exact) mass is 494 g/mol. The Morgan fingerprint density at radius 2 is 1.72 bits per heavy atom. The number of amides is 2. The molecule has 2 aliphatic heterocycles. The summed E-state index contributed by atoms with van der Waals surface area (Å²) in [5.74, 6) is 0.497. The van der Waals surface area contributed by atoms with Crippen molar-refractivity contribution in [3.05, 3.63) is 36.5 Å². The molecule has 194 valence electrons. The van der Waals surface area contributed by atoms with Crippen molar-refractivity contribution < 1.29 is 19.1 Å². The first-order chi connectivity index (χ1) is 17.5. The third-order valence-corrected chi connectivity index (χ3v) is 8.29. The maximum absolute atomic E-state index is 13.2. The standard InChI is InChI=1S/C28H38N4O4/c1-2-3-4-5-9-24(33)36-22(18-30-13-15-31(16-14-30)23-8-6-7-12-29-23)19-32-27(34)25-20-10-11-21(17-20)26(25)28(32)35/h6-8,10-12,20-22,25-26H,2-5,9,13-19H2,1H3. The number of aromatic nitrogens is 1. The summed E-state index contributed by atoms with van der Waals surface area (Å²) in [6.07, 6.45) is 10.8. The minimum atomic E-state index is -0.512. The second-order valence-electron chi connectivity index (χ2n) is 10.7. The molecule has 3 fully saturated rings. The van der Waals surface area contributed by atoms with Crippen LogP contribution in [0.1, 0.15) is 45.4 Å². The predicted molar refractivity (Wildman–Crippen MR) is 136 cm³/mol. The number of hydrogen-bond acceptors (Lipinski definition) is 7. The Morgan fingerprint density at radius 3 is 2.36 bits per heavy atom. The highest BCUT2D eigenvalue weighted by Crippen LogP contribution is 2.52. The Bertz CT molecular complexity index is 945. The molecular formula is C28H38N4O4. The summed E-state index contributed by atoms with van der Waals surface area (Å²) in [5, 5.41) is 0. The minimum Gasteiger partial charge on any atom is -0.459 e. The first-order valence-electron chi connectivity index (χ1n) is 13.7. The van der Waals surface area contributed by atoms with Crippen LogP contribution in [0.15, 0.2) is 36.5 Å². The van der Waals surface area contributed by atoms with Crippen LogP contribution in [-0.4, -0.2) is 77.9 Å². The SMILES string of the molecule is CCCCCCC(=O)OC(CN1CCN(c2ccccn2)CC1)CN1C(=O)C2C3C=CC(C3)C2C1=O. The van der Waals surface area contributed by atoms with Gasteiger partial charge in [-0.25, -0.2) is 4.98 Å². The van der Waals surface area contributed by atoms with Gasteiger partial charge in [-0.2, -0.15) is 0 Å². The van der Waals surface area contributed by atoms with Crippen LogP contribution in [0.2, 0.25) is 0 Å². The van der Waals surface area contributed by atoms with Crippen molar-refractivity contribution in [3.8, 4) is 0 Å². The number of ether oxygens (including phenoxy) is 1. The molecule has 4 aliphatic rings. The molecule has 3 heterocycles. The number of imide groups is 1. The molecule has 1 aromatic rings. The first-order valence-corrected chi connectivity index (χ1v) is 13.7. The third-order valence-electron chi connectivity index (χ3n) is 8.29. The van der Waals surface area contributed by atoms with Gasteiger partial charge in [0.25, 0.3) is 0 Å². The number of fused-ring (bicyclic) bond motifs is 5. The predicted octanol–water partition coefficient (Wildman–Crippen LogP) is 2.89. The Balaban J connectivity index is 1.21. The van der Waals surface area contributed by atoms with E-state index in [1.807, 2.05) is 18.2 Å². The van der Waals surface area contributed by atoms with Crippen molar-refractivity contribution in [1.82, 2.24) is 14.8 Å². The zero-order valence-electron chi connectivity index (χ0n) is 21.3. The highest BCUT2D eigenvalue weighted by atomic mass is 16.5. The number of nitrogens with zero attached hydrogens (tertiary/aromatic N) is 4. The lowest BCUT2D eigenvalue weighted by Crippen LogP contribution is -2.51. The molecular weight excluding hydrogens is 456 g/mol. The summed E-state index contributed by atoms with van der Waals surface area (Å²) < 4.78 is 5.93.